The van der Waals surface area contributed by atoms with E-state index in [2.05, 4.69) is 6.92 Å². The van der Waals surface area contributed by atoms with Crippen LogP contribution in [0.5, 0.6) is 0 Å². The molecule has 0 heterocycles. The van der Waals surface area contributed by atoms with Crippen LogP contribution in [-0.4, -0.2) is 11.1 Å². The van der Waals surface area contributed by atoms with Crippen LogP contribution in [0.3, 0.4) is 0 Å². The largest absolute Gasteiger partial charge is 0.481 e. The van der Waals surface area contributed by atoms with Crippen LogP contribution in [0.25, 0.3) is 0 Å². The van der Waals surface area contributed by atoms with Crippen LogP contribution in [0.4, 0.5) is 0 Å². The molecule has 0 aliphatic rings. The van der Waals surface area contributed by atoms with E-state index in [-0.39, 0.29) is 5.92 Å². The van der Waals surface area contributed by atoms with E-state index in [1.807, 2.05) is 24.3 Å². The summed E-state index contributed by atoms with van der Waals surface area (Å²) < 4.78 is 0. The zero-order valence-electron chi connectivity index (χ0n) is 17.9. The van der Waals surface area contributed by atoms with E-state index in [0.717, 1.165) is 24.8 Å². The minimum atomic E-state index is -0.676. The third-order valence-corrected chi connectivity index (χ3v) is 5.90. The highest BCUT2D eigenvalue weighted by molar-refractivity contribution is 6.30. The topological polar surface area (TPSA) is 37.3 Å². The Morgan fingerprint density at radius 2 is 1.21 bits per heavy atom. The van der Waals surface area contributed by atoms with Gasteiger partial charge >= 0.3 is 5.97 Å². The maximum atomic E-state index is 11.5. The molecule has 0 amide bonds. The fraction of sp³-hybridized carbons (Fsp3) is 0.720. The summed E-state index contributed by atoms with van der Waals surface area (Å²) in [5.41, 5.74) is 1.06. The number of benzene rings is 1. The van der Waals surface area contributed by atoms with E-state index < -0.39 is 5.97 Å². The lowest BCUT2D eigenvalue weighted by molar-refractivity contribution is -0.142. The molecule has 1 N–H and O–H groups in total. The third kappa shape index (κ3) is 13.2. The molecule has 28 heavy (non-hydrogen) atoms. The highest BCUT2D eigenvalue weighted by Gasteiger charge is 2.17. The van der Waals surface area contributed by atoms with Crippen molar-refractivity contribution < 1.29 is 9.90 Å². The van der Waals surface area contributed by atoms with Gasteiger partial charge in [0.1, 0.15) is 0 Å². The summed E-state index contributed by atoms with van der Waals surface area (Å²) in [5.74, 6) is -0.955. The third-order valence-electron chi connectivity index (χ3n) is 5.65. The number of hydrogen-bond donors (Lipinski definition) is 1. The summed E-state index contributed by atoms with van der Waals surface area (Å²) >= 11 is 5.90. The highest BCUT2D eigenvalue weighted by Crippen LogP contribution is 2.19. The minimum Gasteiger partial charge on any atom is -0.481 e. The first-order valence-corrected chi connectivity index (χ1v) is 12.0. The number of carboxylic acid groups (broad SMARTS) is 1. The van der Waals surface area contributed by atoms with Crippen LogP contribution in [0.1, 0.15) is 109 Å². The van der Waals surface area contributed by atoms with Gasteiger partial charge in [0.25, 0.3) is 0 Å². The molecule has 0 fully saturated rings. The lowest BCUT2D eigenvalue weighted by Crippen LogP contribution is -2.16. The van der Waals surface area contributed by atoms with E-state index in [9.17, 15) is 9.90 Å². The van der Waals surface area contributed by atoms with Gasteiger partial charge < -0.3 is 5.11 Å². The Bertz CT molecular complexity index is 498. The molecule has 0 aliphatic heterocycles. The monoisotopic (exact) mass is 408 g/mol. The van der Waals surface area contributed by atoms with Crippen molar-refractivity contribution in [3.8, 4) is 0 Å². The number of rotatable bonds is 18. The molecule has 0 bridgehead atoms. The number of unbranched alkanes of at least 4 members (excludes halogenated alkanes) is 13. The Morgan fingerprint density at radius 1 is 0.786 bits per heavy atom. The van der Waals surface area contributed by atoms with Gasteiger partial charge in [-0.05, 0) is 30.5 Å². The molecule has 0 saturated heterocycles. The number of hydrogen-bond acceptors (Lipinski definition) is 1. The van der Waals surface area contributed by atoms with E-state index in [4.69, 9.17) is 11.6 Å². The fourth-order valence-corrected chi connectivity index (χ4v) is 3.93. The molecule has 160 valence electrons. The number of aliphatic carboxylic acids is 1. The second kappa shape index (κ2) is 16.9. The zero-order chi connectivity index (χ0) is 20.5. The summed E-state index contributed by atoms with van der Waals surface area (Å²) in [6.45, 7) is 2.27. The van der Waals surface area contributed by atoms with Crippen LogP contribution in [0.2, 0.25) is 5.02 Å². The van der Waals surface area contributed by atoms with Gasteiger partial charge in [0, 0.05) is 5.02 Å². The van der Waals surface area contributed by atoms with E-state index in [0.29, 0.717) is 11.4 Å². The molecule has 1 rings (SSSR count). The van der Waals surface area contributed by atoms with Crippen molar-refractivity contribution in [2.75, 3.05) is 0 Å². The molecule has 0 spiro atoms. The van der Waals surface area contributed by atoms with Crippen molar-refractivity contribution in [2.45, 2.75) is 110 Å². The first-order valence-electron chi connectivity index (χ1n) is 11.6. The summed E-state index contributed by atoms with van der Waals surface area (Å²) in [6, 6.07) is 7.54. The van der Waals surface area contributed by atoms with Crippen molar-refractivity contribution in [1.29, 1.82) is 0 Å². The molecule has 0 radical (unpaired) electrons. The molecule has 1 aromatic carbocycles. The predicted octanol–water partition coefficient (Wildman–Crippen LogP) is 8.45. The molecular formula is C25H41ClO2. The van der Waals surface area contributed by atoms with Crippen LogP contribution < -0.4 is 0 Å². The molecule has 2 nitrogen and oxygen atoms in total. The van der Waals surface area contributed by atoms with Gasteiger partial charge in [-0.1, -0.05) is 121 Å². The number of carbonyl (C=O) groups is 1. The van der Waals surface area contributed by atoms with Crippen LogP contribution in [-0.2, 0) is 11.2 Å². The summed E-state index contributed by atoms with van der Waals surface area (Å²) in [5, 5.41) is 10.2. The van der Waals surface area contributed by atoms with Crippen molar-refractivity contribution >= 4 is 17.6 Å². The van der Waals surface area contributed by atoms with E-state index in [1.54, 1.807) is 0 Å². The van der Waals surface area contributed by atoms with Crippen molar-refractivity contribution in [3.63, 3.8) is 0 Å². The first kappa shape index (κ1) is 25.0. The molecule has 0 saturated carbocycles. The van der Waals surface area contributed by atoms with Crippen molar-refractivity contribution in [2.24, 2.45) is 5.92 Å². The zero-order valence-corrected chi connectivity index (χ0v) is 18.7. The predicted molar refractivity (Wildman–Crippen MR) is 121 cm³/mol. The minimum absolute atomic E-state index is 0.279. The van der Waals surface area contributed by atoms with Crippen molar-refractivity contribution in [1.82, 2.24) is 0 Å². The number of halogens is 1. The average Bonchev–Trinajstić information content (AvgIpc) is 2.68. The van der Waals surface area contributed by atoms with Crippen molar-refractivity contribution in [3.05, 3.63) is 34.9 Å². The Morgan fingerprint density at radius 3 is 1.64 bits per heavy atom. The standard InChI is InChI=1S/C25H41ClO2/c1-2-3-4-5-6-7-8-9-10-11-12-13-14-15-16-23(25(27)28)21-22-17-19-24(26)20-18-22/h17-20,23H,2-16,21H2,1H3,(H,27,28). The molecule has 1 atom stereocenters. The SMILES string of the molecule is CCCCCCCCCCCCCCCCC(Cc1ccc(Cl)cc1)C(=O)O. The molecule has 0 aliphatic carbocycles. The van der Waals surface area contributed by atoms with E-state index >= 15 is 0 Å². The van der Waals surface area contributed by atoms with Gasteiger partial charge in [-0.25, -0.2) is 0 Å². The maximum absolute atomic E-state index is 11.5. The molecular weight excluding hydrogens is 368 g/mol. The summed E-state index contributed by atoms with van der Waals surface area (Å²) in [4.78, 5) is 11.5. The fourth-order valence-electron chi connectivity index (χ4n) is 3.80. The van der Waals surface area contributed by atoms with E-state index in [1.165, 1.54) is 77.0 Å². The molecule has 0 aromatic heterocycles. The van der Waals surface area contributed by atoms with Gasteiger partial charge in [-0.15, -0.1) is 0 Å². The lowest BCUT2D eigenvalue weighted by atomic mass is 9.93. The Labute approximate surface area is 178 Å². The summed E-state index contributed by atoms with van der Waals surface area (Å²) in [6.07, 6.45) is 20.0. The molecule has 3 heteroatoms. The summed E-state index contributed by atoms with van der Waals surface area (Å²) in [7, 11) is 0. The van der Waals surface area contributed by atoms with Gasteiger partial charge in [0.05, 0.1) is 5.92 Å². The van der Waals surface area contributed by atoms with Crippen LogP contribution >= 0.6 is 11.6 Å². The second-order valence-corrected chi connectivity index (χ2v) is 8.69. The normalized spacial score (nSPS) is 12.2. The molecule has 1 aromatic rings. The quantitative estimate of drug-likeness (QED) is 0.247. The first-order chi connectivity index (χ1) is 13.6. The number of carboxylic acids is 1. The van der Waals surface area contributed by atoms with Crippen LogP contribution in [0, 0.1) is 5.92 Å². The second-order valence-electron chi connectivity index (χ2n) is 8.25. The maximum Gasteiger partial charge on any atom is 0.306 e. The van der Waals surface area contributed by atoms with Crippen LogP contribution in [0.15, 0.2) is 24.3 Å². The van der Waals surface area contributed by atoms with Gasteiger partial charge in [-0.3, -0.25) is 4.79 Å². The van der Waals surface area contributed by atoms with Gasteiger partial charge in [-0.2, -0.15) is 0 Å². The Hall–Kier alpha value is -1.02. The van der Waals surface area contributed by atoms with Gasteiger partial charge in [0.2, 0.25) is 0 Å². The average molecular weight is 409 g/mol. The van der Waals surface area contributed by atoms with Gasteiger partial charge in [0.15, 0.2) is 0 Å². The Balaban J connectivity index is 1.97. The Kier molecular flexibility index (Phi) is 15.1. The smallest absolute Gasteiger partial charge is 0.306 e. The highest BCUT2D eigenvalue weighted by atomic mass is 35.5. The molecule has 1 unspecified atom stereocenters. The lowest BCUT2D eigenvalue weighted by Gasteiger charge is -2.12.